The Balaban J connectivity index is 2.47. The molecule has 0 aromatic heterocycles. The van der Waals surface area contributed by atoms with E-state index in [0.717, 1.165) is 5.56 Å². The van der Waals surface area contributed by atoms with Gasteiger partial charge >= 0.3 is 0 Å². The molecule has 0 radical (unpaired) electrons. The number of hydrogen-bond donors (Lipinski definition) is 3. The predicted molar refractivity (Wildman–Crippen MR) is 103 cm³/mol. The maximum Gasteiger partial charge on any atom is 0.251 e. The van der Waals surface area contributed by atoms with Crippen molar-refractivity contribution in [3.8, 4) is 0 Å². The molecule has 144 valence electrons. The third-order valence-electron chi connectivity index (χ3n) is 4.02. The number of carbonyl (C=O) groups excluding carboxylic acids is 2. The van der Waals surface area contributed by atoms with Gasteiger partial charge < -0.3 is 21.2 Å². The first kappa shape index (κ1) is 21.6. The highest BCUT2D eigenvalue weighted by atomic mass is 16.5. The Morgan fingerprint density at radius 2 is 1.81 bits per heavy atom. The second kappa shape index (κ2) is 9.33. The molecule has 0 aliphatic rings. The molecular weight excluding hydrogens is 332 g/mol. The number of amides is 2. The van der Waals surface area contributed by atoms with E-state index in [-0.39, 0.29) is 12.5 Å². The second-order valence-corrected chi connectivity index (χ2v) is 7.41. The van der Waals surface area contributed by atoms with Crippen molar-refractivity contribution in [3.05, 3.63) is 35.4 Å². The van der Waals surface area contributed by atoms with Crippen LogP contribution in [-0.2, 0) is 9.53 Å². The molecule has 0 aliphatic carbocycles. The summed E-state index contributed by atoms with van der Waals surface area (Å²) < 4.78 is 5.82. The monoisotopic (exact) mass is 362 g/mol. The second-order valence-electron chi connectivity index (χ2n) is 7.41. The molecule has 1 aromatic carbocycles. The van der Waals surface area contributed by atoms with Gasteiger partial charge in [-0.1, -0.05) is 12.1 Å². The lowest BCUT2D eigenvalue weighted by atomic mass is 9.93. The number of rotatable bonds is 10. The molecule has 4 N–H and O–H groups in total. The van der Waals surface area contributed by atoms with Crippen LogP contribution in [0.15, 0.2) is 29.4 Å². The largest absolute Gasteiger partial charge is 0.374 e. The Morgan fingerprint density at radius 3 is 2.35 bits per heavy atom. The molecule has 0 atom stereocenters. The van der Waals surface area contributed by atoms with Crippen LogP contribution in [0, 0.1) is 5.41 Å². The summed E-state index contributed by atoms with van der Waals surface area (Å²) in [6.07, 6.45) is 2.29. The highest BCUT2D eigenvalue weighted by Gasteiger charge is 2.29. The first-order chi connectivity index (χ1) is 12.1. The van der Waals surface area contributed by atoms with Gasteiger partial charge in [0.25, 0.3) is 5.91 Å². The zero-order valence-corrected chi connectivity index (χ0v) is 16.3. The van der Waals surface area contributed by atoms with Crippen molar-refractivity contribution in [2.24, 2.45) is 16.3 Å². The summed E-state index contributed by atoms with van der Waals surface area (Å²) in [4.78, 5) is 23.6. The highest BCUT2D eigenvalue weighted by Crippen LogP contribution is 2.21. The summed E-state index contributed by atoms with van der Waals surface area (Å²) in [6.45, 7) is 8.04. The fourth-order valence-electron chi connectivity index (χ4n) is 1.96. The lowest BCUT2D eigenvalue weighted by Gasteiger charge is -2.30. The molecule has 0 bridgehead atoms. The van der Waals surface area contributed by atoms with Gasteiger partial charge in [-0.3, -0.25) is 9.59 Å². The van der Waals surface area contributed by atoms with Crippen LogP contribution in [0.5, 0.6) is 0 Å². The predicted octanol–water partition coefficient (Wildman–Crippen LogP) is 1.67. The Bertz CT molecular complexity index is 637. The van der Waals surface area contributed by atoms with Gasteiger partial charge in [-0.05, 0) is 51.8 Å². The van der Waals surface area contributed by atoms with E-state index in [1.165, 1.54) is 0 Å². The Kier molecular flexibility index (Phi) is 7.76. The summed E-state index contributed by atoms with van der Waals surface area (Å²) in [7, 11) is 1.72. The summed E-state index contributed by atoms with van der Waals surface area (Å²) in [5.74, 6) is -0.541. The van der Waals surface area contributed by atoms with E-state index in [0.29, 0.717) is 18.5 Å². The lowest BCUT2D eigenvalue weighted by molar-refractivity contribution is -0.133. The first-order valence-corrected chi connectivity index (χ1v) is 8.59. The van der Waals surface area contributed by atoms with E-state index < -0.39 is 16.9 Å². The quantitative estimate of drug-likeness (QED) is 0.435. The van der Waals surface area contributed by atoms with E-state index in [1.54, 1.807) is 39.2 Å². The smallest absolute Gasteiger partial charge is 0.251 e. The van der Waals surface area contributed by atoms with Gasteiger partial charge in [-0.25, -0.2) is 0 Å². The number of nitrogens with zero attached hydrogens (tertiary/aromatic N) is 1. The van der Waals surface area contributed by atoms with E-state index in [4.69, 9.17) is 10.5 Å². The third kappa shape index (κ3) is 7.23. The van der Waals surface area contributed by atoms with Crippen molar-refractivity contribution in [1.29, 1.82) is 0 Å². The van der Waals surface area contributed by atoms with Crippen LogP contribution in [0.2, 0.25) is 0 Å². The van der Waals surface area contributed by atoms with Crippen molar-refractivity contribution >= 4 is 18.0 Å². The first-order valence-electron chi connectivity index (χ1n) is 8.59. The molecule has 2 amide bonds. The number of hydrogen-bond acceptors (Lipinski definition) is 5. The summed E-state index contributed by atoms with van der Waals surface area (Å²) >= 11 is 0. The average molecular weight is 362 g/mol. The molecule has 0 heterocycles. The summed E-state index contributed by atoms with van der Waals surface area (Å²) in [5.41, 5.74) is 8.31. The number of primary amides is 1. The van der Waals surface area contributed by atoms with Crippen LogP contribution in [0.4, 0.5) is 0 Å². The fraction of sp³-hybridized carbons (Fsp3) is 0.526. The van der Waals surface area contributed by atoms with E-state index >= 15 is 0 Å². The number of nitrogens with one attached hydrogen (secondary N) is 2. The third-order valence-corrected chi connectivity index (χ3v) is 4.02. The van der Waals surface area contributed by atoms with E-state index in [2.05, 4.69) is 15.8 Å². The van der Waals surface area contributed by atoms with Crippen LogP contribution >= 0.6 is 0 Å². The highest BCUT2D eigenvalue weighted by molar-refractivity contribution is 5.95. The standard InChI is InChI=1S/C19H30N4O3/c1-18(2,17(20)25)13-26-19(3,4)10-11-22-16(24)15-8-6-14(7-9-15)12-23-21-5/h6-9,12,21H,10-11,13H2,1-5H3,(H2,20,25)(H,22,24)/b23-12+. The summed E-state index contributed by atoms with van der Waals surface area (Å²) in [5, 5.41) is 6.80. The summed E-state index contributed by atoms with van der Waals surface area (Å²) in [6, 6.07) is 7.16. The minimum atomic E-state index is -0.723. The molecule has 0 aliphatic heterocycles. The zero-order chi connectivity index (χ0) is 19.8. The van der Waals surface area contributed by atoms with Gasteiger partial charge in [0, 0.05) is 19.2 Å². The molecule has 1 rings (SSSR count). The van der Waals surface area contributed by atoms with Crippen LogP contribution < -0.4 is 16.5 Å². The topological polar surface area (TPSA) is 106 Å². The minimum absolute atomic E-state index is 0.143. The number of carbonyl (C=O) groups is 2. The van der Waals surface area contributed by atoms with Crippen molar-refractivity contribution in [3.63, 3.8) is 0 Å². The Morgan fingerprint density at radius 1 is 1.19 bits per heavy atom. The van der Waals surface area contributed by atoms with Crippen molar-refractivity contribution in [2.45, 2.75) is 39.7 Å². The molecule has 26 heavy (non-hydrogen) atoms. The van der Waals surface area contributed by atoms with Crippen molar-refractivity contribution in [1.82, 2.24) is 10.7 Å². The minimum Gasteiger partial charge on any atom is -0.374 e. The van der Waals surface area contributed by atoms with Crippen LogP contribution in [0.1, 0.15) is 50.0 Å². The Labute approximate surface area is 155 Å². The van der Waals surface area contributed by atoms with E-state index in [9.17, 15) is 9.59 Å². The van der Waals surface area contributed by atoms with Crippen LogP contribution in [0.25, 0.3) is 0 Å². The van der Waals surface area contributed by atoms with Crippen LogP contribution in [0.3, 0.4) is 0 Å². The normalized spacial score (nSPS) is 12.2. The fourth-order valence-corrected chi connectivity index (χ4v) is 1.96. The van der Waals surface area contributed by atoms with Gasteiger partial charge in [0.2, 0.25) is 5.91 Å². The average Bonchev–Trinajstić information content (AvgIpc) is 2.58. The molecular formula is C19H30N4O3. The molecule has 0 saturated heterocycles. The van der Waals surface area contributed by atoms with Crippen LogP contribution in [-0.4, -0.2) is 43.8 Å². The van der Waals surface area contributed by atoms with Gasteiger partial charge in [0.1, 0.15) is 0 Å². The van der Waals surface area contributed by atoms with Crippen molar-refractivity contribution < 1.29 is 14.3 Å². The molecule has 7 heteroatoms. The molecule has 7 nitrogen and oxygen atoms in total. The van der Waals surface area contributed by atoms with E-state index in [1.807, 2.05) is 26.0 Å². The molecule has 0 fully saturated rings. The van der Waals surface area contributed by atoms with Gasteiger partial charge in [0.15, 0.2) is 0 Å². The SMILES string of the molecule is CN/N=C/c1ccc(C(=O)NCCC(C)(C)OCC(C)(C)C(N)=O)cc1. The number of ether oxygens (including phenoxy) is 1. The number of benzene rings is 1. The van der Waals surface area contributed by atoms with Gasteiger partial charge in [-0.2, -0.15) is 5.10 Å². The lowest BCUT2D eigenvalue weighted by Crippen LogP contribution is -2.40. The van der Waals surface area contributed by atoms with Crippen molar-refractivity contribution in [2.75, 3.05) is 20.2 Å². The molecule has 1 aromatic rings. The molecule has 0 unspecified atom stereocenters. The number of nitrogens with two attached hydrogens (primary N) is 1. The zero-order valence-electron chi connectivity index (χ0n) is 16.3. The number of hydrazone groups is 1. The van der Waals surface area contributed by atoms with Gasteiger partial charge in [0.05, 0.1) is 23.8 Å². The Hall–Kier alpha value is -2.41. The molecule has 0 spiro atoms. The van der Waals surface area contributed by atoms with Gasteiger partial charge in [-0.15, -0.1) is 0 Å². The maximum absolute atomic E-state index is 12.2. The maximum atomic E-state index is 12.2. The molecule has 0 saturated carbocycles.